The lowest BCUT2D eigenvalue weighted by molar-refractivity contribution is 0.126. The molecule has 2 nitrogen and oxygen atoms in total. The van der Waals surface area contributed by atoms with Gasteiger partial charge in [-0.15, -0.1) is 0 Å². The Morgan fingerprint density at radius 1 is 1.54 bits per heavy atom. The number of nitrogens with zero attached hydrogens (tertiary/aromatic N) is 1. The molecular weight excluding hydrogens is 162 g/mol. The number of likely N-dealkylation sites (tertiary alicyclic amines) is 1. The van der Waals surface area contributed by atoms with Crippen molar-refractivity contribution in [3.63, 3.8) is 0 Å². The lowest BCUT2D eigenvalue weighted by atomic mass is 9.98. The van der Waals surface area contributed by atoms with Crippen LogP contribution in [0.3, 0.4) is 0 Å². The summed E-state index contributed by atoms with van der Waals surface area (Å²) in [6.45, 7) is 7.48. The van der Waals surface area contributed by atoms with Gasteiger partial charge in [0.05, 0.1) is 0 Å². The van der Waals surface area contributed by atoms with Crippen molar-refractivity contribution < 1.29 is 5.11 Å². The van der Waals surface area contributed by atoms with Crippen molar-refractivity contribution in [2.45, 2.75) is 45.6 Å². The summed E-state index contributed by atoms with van der Waals surface area (Å²) in [5, 5.41) is 8.75. The molecule has 1 fully saturated rings. The van der Waals surface area contributed by atoms with Crippen molar-refractivity contribution in [1.29, 1.82) is 0 Å². The van der Waals surface area contributed by atoms with E-state index in [9.17, 15) is 0 Å². The van der Waals surface area contributed by atoms with Crippen LogP contribution in [0.15, 0.2) is 0 Å². The van der Waals surface area contributed by atoms with Gasteiger partial charge in [0.2, 0.25) is 0 Å². The van der Waals surface area contributed by atoms with Gasteiger partial charge < -0.3 is 10.0 Å². The molecule has 2 heteroatoms. The van der Waals surface area contributed by atoms with E-state index in [-0.39, 0.29) is 0 Å². The number of aliphatic hydroxyl groups excluding tert-OH is 1. The molecule has 0 aromatic carbocycles. The lowest BCUT2D eigenvalue weighted by Crippen LogP contribution is -2.40. The van der Waals surface area contributed by atoms with Crippen LogP contribution in [-0.2, 0) is 0 Å². The van der Waals surface area contributed by atoms with Gasteiger partial charge in [-0.05, 0) is 45.1 Å². The van der Waals surface area contributed by atoms with Gasteiger partial charge in [-0.1, -0.05) is 6.92 Å². The number of hydrogen-bond donors (Lipinski definition) is 1. The number of hydrogen-bond acceptors (Lipinski definition) is 2. The second kappa shape index (κ2) is 5.61. The fraction of sp³-hybridized carbons (Fsp3) is 1.00. The Morgan fingerprint density at radius 2 is 2.31 bits per heavy atom. The Bertz CT molecular complexity index is 138. The molecule has 0 unspecified atom stereocenters. The fourth-order valence-corrected chi connectivity index (χ4v) is 2.20. The van der Waals surface area contributed by atoms with Crippen LogP contribution in [0.2, 0.25) is 0 Å². The molecule has 78 valence electrons. The molecule has 0 radical (unpaired) electrons. The van der Waals surface area contributed by atoms with Crippen molar-refractivity contribution in [1.82, 2.24) is 4.90 Å². The zero-order valence-electron chi connectivity index (χ0n) is 9.00. The van der Waals surface area contributed by atoms with Crippen molar-refractivity contribution in [2.24, 2.45) is 5.92 Å². The summed E-state index contributed by atoms with van der Waals surface area (Å²) in [6, 6.07) is 0.662. The highest BCUT2D eigenvalue weighted by atomic mass is 16.2. The SMILES string of the molecule is C[C@@H]1CCCN([C@@H](C)CCCO)C1. The van der Waals surface area contributed by atoms with Gasteiger partial charge in [-0.2, -0.15) is 0 Å². The van der Waals surface area contributed by atoms with E-state index in [0.717, 1.165) is 18.8 Å². The standard InChI is InChI=1S/C11H23NO/c1-10-5-3-7-12(9-10)11(2)6-4-8-13/h10-11,13H,3-9H2,1-2H3/t10-,11+/m1/s1. The first kappa shape index (κ1) is 11.0. The van der Waals surface area contributed by atoms with Gasteiger partial charge in [0.15, 0.2) is 0 Å². The van der Waals surface area contributed by atoms with E-state index in [4.69, 9.17) is 5.11 Å². The quantitative estimate of drug-likeness (QED) is 0.723. The third-order valence-corrected chi connectivity index (χ3v) is 3.09. The third kappa shape index (κ3) is 3.65. The average Bonchev–Trinajstić information content (AvgIpc) is 2.14. The highest BCUT2D eigenvalue weighted by molar-refractivity contribution is 4.74. The van der Waals surface area contributed by atoms with Gasteiger partial charge in [-0.3, -0.25) is 0 Å². The van der Waals surface area contributed by atoms with Gasteiger partial charge in [0, 0.05) is 19.2 Å². The Hall–Kier alpha value is -0.0800. The van der Waals surface area contributed by atoms with E-state index in [1.807, 2.05) is 0 Å². The summed E-state index contributed by atoms with van der Waals surface area (Å²) in [5.74, 6) is 0.866. The molecular formula is C11H23NO. The van der Waals surface area contributed by atoms with E-state index in [1.54, 1.807) is 0 Å². The molecule has 0 amide bonds. The molecule has 1 saturated heterocycles. The van der Waals surface area contributed by atoms with Crippen LogP contribution in [0, 0.1) is 5.92 Å². The van der Waals surface area contributed by atoms with E-state index in [2.05, 4.69) is 18.7 Å². The maximum atomic E-state index is 8.75. The van der Waals surface area contributed by atoms with Gasteiger partial charge in [0.25, 0.3) is 0 Å². The predicted octanol–water partition coefficient (Wildman–Crippen LogP) is 1.88. The summed E-state index contributed by atoms with van der Waals surface area (Å²) < 4.78 is 0. The van der Waals surface area contributed by atoms with Crippen LogP contribution in [0.4, 0.5) is 0 Å². The van der Waals surface area contributed by atoms with Gasteiger partial charge in [0.1, 0.15) is 0 Å². The summed E-state index contributed by atoms with van der Waals surface area (Å²) in [5.41, 5.74) is 0. The smallest absolute Gasteiger partial charge is 0.0431 e. The van der Waals surface area contributed by atoms with E-state index < -0.39 is 0 Å². The summed E-state index contributed by atoms with van der Waals surface area (Å²) in [6.07, 6.45) is 4.84. The lowest BCUT2D eigenvalue weighted by Gasteiger charge is -2.35. The van der Waals surface area contributed by atoms with E-state index in [1.165, 1.54) is 25.9 Å². The Morgan fingerprint density at radius 3 is 2.92 bits per heavy atom. The van der Waals surface area contributed by atoms with Crippen molar-refractivity contribution in [2.75, 3.05) is 19.7 Å². The second-order valence-corrected chi connectivity index (χ2v) is 4.46. The minimum absolute atomic E-state index is 0.341. The van der Waals surface area contributed by atoms with Crippen molar-refractivity contribution >= 4 is 0 Å². The van der Waals surface area contributed by atoms with Crippen LogP contribution in [0.5, 0.6) is 0 Å². The largest absolute Gasteiger partial charge is 0.396 e. The first-order valence-corrected chi connectivity index (χ1v) is 5.59. The molecule has 0 aromatic rings. The Labute approximate surface area is 81.9 Å². The summed E-state index contributed by atoms with van der Waals surface area (Å²) in [7, 11) is 0. The predicted molar refractivity (Wildman–Crippen MR) is 55.8 cm³/mol. The molecule has 0 aliphatic carbocycles. The van der Waals surface area contributed by atoms with Crippen molar-refractivity contribution in [3.05, 3.63) is 0 Å². The number of piperidine rings is 1. The van der Waals surface area contributed by atoms with E-state index >= 15 is 0 Å². The highest BCUT2D eigenvalue weighted by Crippen LogP contribution is 2.19. The maximum absolute atomic E-state index is 8.75. The van der Waals surface area contributed by atoms with Crippen LogP contribution >= 0.6 is 0 Å². The molecule has 0 spiro atoms. The normalized spacial score (nSPS) is 27.5. The Kier molecular flexibility index (Phi) is 4.74. The maximum Gasteiger partial charge on any atom is 0.0431 e. The third-order valence-electron chi connectivity index (χ3n) is 3.09. The highest BCUT2D eigenvalue weighted by Gasteiger charge is 2.20. The van der Waals surface area contributed by atoms with Crippen LogP contribution in [-0.4, -0.2) is 35.7 Å². The minimum atomic E-state index is 0.341. The van der Waals surface area contributed by atoms with E-state index in [0.29, 0.717) is 12.6 Å². The molecule has 1 N–H and O–H groups in total. The molecule has 1 aliphatic rings. The fourth-order valence-electron chi connectivity index (χ4n) is 2.20. The number of rotatable bonds is 4. The van der Waals surface area contributed by atoms with Gasteiger partial charge in [-0.25, -0.2) is 0 Å². The molecule has 0 aromatic heterocycles. The van der Waals surface area contributed by atoms with Crippen LogP contribution in [0.25, 0.3) is 0 Å². The zero-order valence-corrected chi connectivity index (χ0v) is 9.00. The zero-order chi connectivity index (χ0) is 9.68. The average molecular weight is 185 g/mol. The molecule has 13 heavy (non-hydrogen) atoms. The number of aliphatic hydroxyl groups is 1. The first-order valence-electron chi connectivity index (χ1n) is 5.59. The topological polar surface area (TPSA) is 23.5 Å². The van der Waals surface area contributed by atoms with Crippen molar-refractivity contribution in [3.8, 4) is 0 Å². The van der Waals surface area contributed by atoms with Gasteiger partial charge >= 0.3 is 0 Å². The summed E-state index contributed by atoms with van der Waals surface area (Å²) >= 11 is 0. The molecule has 1 aliphatic heterocycles. The van der Waals surface area contributed by atoms with Crippen LogP contribution < -0.4 is 0 Å². The first-order chi connectivity index (χ1) is 6.24. The summed E-state index contributed by atoms with van der Waals surface area (Å²) in [4.78, 5) is 2.57. The molecule has 0 bridgehead atoms. The Balaban J connectivity index is 2.24. The molecule has 0 saturated carbocycles. The van der Waals surface area contributed by atoms with Crippen LogP contribution in [0.1, 0.15) is 39.5 Å². The minimum Gasteiger partial charge on any atom is -0.396 e. The molecule has 1 rings (SSSR count). The molecule has 1 heterocycles. The second-order valence-electron chi connectivity index (χ2n) is 4.46. The molecule has 2 atom stereocenters. The monoisotopic (exact) mass is 185 g/mol.